The summed E-state index contributed by atoms with van der Waals surface area (Å²) in [5.74, 6) is 2.12. The van der Waals surface area contributed by atoms with Gasteiger partial charge in [-0.1, -0.05) is 6.92 Å². The van der Waals surface area contributed by atoms with Crippen molar-refractivity contribution in [2.75, 3.05) is 0 Å². The number of amides is 1. The molecule has 0 aliphatic carbocycles. The minimum absolute atomic E-state index is 0.0896. The lowest BCUT2D eigenvalue weighted by Crippen LogP contribution is -2.37. The molecule has 0 bridgehead atoms. The molecule has 0 aliphatic heterocycles. The minimum Gasteiger partial charge on any atom is -0.348 e. The van der Waals surface area contributed by atoms with Crippen molar-refractivity contribution in [1.29, 1.82) is 0 Å². The van der Waals surface area contributed by atoms with E-state index in [0.29, 0.717) is 6.42 Å². The number of carbonyl (C=O) groups excluding carboxylic acids is 1. The highest BCUT2D eigenvalue weighted by Gasteiger charge is 2.14. The van der Waals surface area contributed by atoms with Crippen LogP contribution in [0.15, 0.2) is 16.9 Å². The zero-order chi connectivity index (χ0) is 12.8. The van der Waals surface area contributed by atoms with Gasteiger partial charge in [0.25, 0.3) is 11.5 Å². The Labute approximate surface area is 100 Å². The molecule has 1 rings (SSSR count). The van der Waals surface area contributed by atoms with E-state index in [4.69, 9.17) is 6.42 Å². The number of rotatable bonds is 4. The summed E-state index contributed by atoms with van der Waals surface area (Å²) in [4.78, 5) is 26.0. The number of carbonyl (C=O) groups is 1. The molecule has 2 N–H and O–H groups in total. The van der Waals surface area contributed by atoms with Gasteiger partial charge < -0.3 is 10.3 Å². The summed E-state index contributed by atoms with van der Waals surface area (Å²) >= 11 is 0. The predicted molar refractivity (Wildman–Crippen MR) is 66.8 cm³/mol. The summed E-state index contributed by atoms with van der Waals surface area (Å²) in [5, 5.41) is 2.74. The molecule has 1 aromatic heterocycles. The molecular formula is C13H16N2O2. The molecule has 4 nitrogen and oxygen atoms in total. The molecular weight excluding hydrogens is 216 g/mol. The molecule has 17 heavy (non-hydrogen) atoms. The zero-order valence-electron chi connectivity index (χ0n) is 10.0. The van der Waals surface area contributed by atoms with Gasteiger partial charge in [0.2, 0.25) is 0 Å². The number of pyridine rings is 1. The third kappa shape index (κ3) is 3.49. The molecule has 1 heterocycles. The van der Waals surface area contributed by atoms with Gasteiger partial charge in [-0.05, 0) is 25.5 Å². The van der Waals surface area contributed by atoms with E-state index in [0.717, 1.165) is 12.1 Å². The highest BCUT2D eigenvalue weighted by molar-refractivity contribution is 5.94. The van der Waals surface area contributed by atoms with Gasteiger partial charge in [-0.25, -0.2) is 0 Å². The molecule has 90 valence electrons. The fraction of sp³-hybridized carbons (Fsp3) is 0.385. The number of hydrogen-bond acceptors (Lipinski definition) is 2. The number of H-pyrrole nitrogens is 1. The first kappa shape index (κ1) is 13.0. The maximum absolute atomic E-state index is 11.8. The first-order valence-electron chi connectivity index (χ1n) is 5.52. The van der Waals surface area contributed by atoms with Gasteiger partial charge in [-0.15, -0.1) is 12.3 Å². The minimum atomic E-state index is -0.381. The summed E-state index contributed by atoms with van der Waals surface area (Å²) in [5.41, 5.74) is 0.464. The van der Waals surface area contributed by atoms with Gasteiger partial charge in [0.1, 0.15) is 5.56 Å². The summed E-state index contributed by atoms with van der Waals surface area (Å²) in [6.45, 7) is 3.69. The third-order valence-electron chi connectivity index (χ3n) is 2.49. The lowest BCUT2D eigenvalue weighted by Gasteiger charge is -2.13. The number of nitrogens with one attached hydrogen (secondary N) is 2. The molecule has 0 radical (unpaired) electrons. The van der Waals surface area contributed by atoms with Crippen molar-refractivity contribution in [2.45, 2.75) is 32.7 Å². The Hall–Kier alpha value is -2.02. The fourth-order valence-electron chi connectivity index (χ4n) is 1.45. The maximum atomic E-state index is 11.8. The van der Waals surface area contributed by atoms with Crippen LogP contribution in [0.2, 0.25) is 0 Å². The number of terminal acetylenes is 1. The van der Waals surface area contributed by atoms with Crippen molar-refractivity contribution < 1.29 is 4.79 Å². The van der Waals surface area contributed by atoms with Crippen LogP contribution >= 0.6 is 0 Å². The second-order valence-electron chi connectivity index (χ2n) is 3.87. The Morgan fingerprint density at radius 3 is 2.82 bits per heavy atom. The number of hydrogen-bond donors (Lipinski definition) is 2. The average molecular weight is 232 g/mol. The van der Waals surface area contributed by atoms with E-state index in [-0.39, 0.29) is 23.1 Å². The van der Waals surface area contributed by atoms with Crippen molar-refractivity contribution in [3.05, 3.63) is 33.7 Å². The van der Waals surface area contributed by atoms with Crippen LogP contribution < -0.4 is 10.9 Å². The Balaban J connectivity index is 2.83. The SMILES string of the molecule is C#CCC(CC)NC(=O)c1ccc(C)[nH]c1=O. The third-order valence-corrected chi connectivity index (χ3v) is 2.49. The Bertz CT molecular complexity index is 497. The molecule has 0 aliphatic rings. The first-order valence-corrected chi connectivity index (χ1v) is 5.52. The van der Waals surface area contributed by atoms with Crippen molar-refractivity contribution >= 4 is 5.91 Å². The Kier molecular flexibility index (Phi) is 4.53. The Morgan fingerprint density at radius 1 is 1.59 bits per heavy atom. The van der Waals surface area contributed by atoms with Crippen LogP contribution in [0.5, 0.6) is 0 Å². The normalized spacial score (nSPS) is 11.6. The monoisotopic (exact) mass is 232 g/mol. The van der Waals surface area contributed by atoms with Crippen LogP contribution in [-0.2, 0) is 0 Å². The number of aryl methyl sites for hydroxylation is 1. The largest absolute Gasteiger partial charge is 0.348 e. The molecule has 1 amide bonds. The molecule has 1 aromatic rings. The van der Waals surface area contributed by atoms with Crippen LogP contribution in [-0.4, -0.2) is 16.9 Å². The lowest BCUT2D eigenvalue weighted by molar-refractivity contribution is 0.0935. The van der Waals surface area contributed by atoms with Crippen molar-refractivity contribution in [2.24, 2.45) is 0 Å². The molecule has 1 atom stereocenters. The van der Waals surface area contributed by atoms with Gasteiger partial charge in [-0.2, -0.15) is 0 Å². The highest BCUT2D eigenvalue weighted by Crippen LogP contribution is 1.99. The smallest absolute Gasteiger partial charge is 0.260 e. The van der Waals surface area contributed by atoms with E-state index in [2.05, 4.69) is 16.2 Å². The van der Waals surface area contributed by atoms with Crippen LogP contribution in [0.4, 0.5) is 0 Å². The van der Waals surface area contributed by atoms with Crippen LogP contribution in [0.1, 0.15) is 35.8 Å². The van der Waals surface area contributed by atoms with Crippen LogP contribution in [0.25, 0.3) is 0 Å². The maximum Gasteiger partial charge on any atom is 0.260 e. The van der Waals surface area contributed by atoms with Crippen molar-refractivity contribution in [3.63, 3.8) is 0 Å². The molecule has 0 saturated carbocycles. The molecule has 0 spiro atoms. The van der Waals surface area contributed by atoms with E-state index < -0.39 is 0 Å². The van der Waals surface area contributed by atoms with E-state index >= 15 is 0 Å². The van der Waals surface area contributed by atoms with E-state index in [1.165, 1.54) is 6.07 Å². The zero-order valence-corrected chi connectivity index (χ0v) is 10.0. The highest BCUT2D eigenvalue weighted by atomic mass is 16.2. The fourth-order valence-corrected chi connectivity index (χ4v) is 1.45. The summed E-state index contributed by atoms with van der Waals surface area (Å²) < 4.78 is 0. The number of aromatic amines is 1. The second kappa shape index (κ2) is 5.90. The topological polar surface area (TPSA) is 62.0 Å². The van der Waals surface area contributed by atoms with E-state index in [1.54, 1.807) is 13.0 Å². The van der Waals surface area contributed by atoms with Crippen LogP contribution in [0, 0.1) is 19.3 Å². The summed E-state index contributed by atoms with van der Waals surface area (Å²) in [6, 6.07) is 3.12. The predicted octanol–water partition coefficient (Wildman–Crippen LogP) is 1.22. The first-order chi connectivity index (χ1) is 8.08. The van der Waals surface area contributed by atoms with Gasteiger partial charge >= 0.3 is 0 Å². The molecule has 0 aromatic carbocycles. The van der Waals surface area contributed by atoms with Crippen LogP contribution in [0.3, 0.4) is 0 Å². The van der Waals surface area contributed by atoms with Gasteiger partial charge in [0, 0.05) is 18.2 Å². The van der Waals surface area contributed by atoms with E-state index in [9.17, 15) is 9.59 Å². The lowest BCUT2D eigenvalue weighted by atomic mass is 10.1. The molecule has 1 unspecified atom stereocenters. The second-order valence-corrected chi connectivity index (χ2v) is 3.87. The standard InChI is InChI=1S/C13H16N2O2/c1-4-6-10(5-2)15-13(17)11-8-7-9(3)14-12(11)16/h1,7-8,10H,5-6H2,2-3H3,(H,14,16)(H,15,17). The summed E-state index contributed by atoms with van der Waals surface area (Å²) in [7, 11) is 0. The van der Waals surface area contributed by atoms with Crippen molar-refractivity contribution in [1.82, 2.24) is 10.3 Å². The van der Waals surface area contributed by atoms with E-state index in [1.807, 2.05) is 6.92 Å². The van der Waals surface area contributed by atoms with Gasteiger partial charge in [-0.3, -0.25) is 9.59 Å². The van der Waals surface area contributed by atoms with Crippen molar-refractivity contribution in [3.8, 4) is 12.3 Å². The molecule has 0 fully saturated rings. The average Bonchev–Trinajstić information content (AvgIpc) is 2.28. The quantitative estimate of drug-likeness (QED) is 0.767. The Morgan fingerprint density at radius 2 is 2.29 bits per heavy atom. The summed E-state index contributed by atoms with van der Waals surface area (Å²) in [6.07, 6.45) is 6.40. The molecule has 4 heteroatoms. The van der Waals surface area contributed by atoms with Gasteiger partial charge in [0.15, 0.2) is 0 Å². The number of aromatic nitrogens is 1. The molecule has 0 saturated heterocycles. The van der Waals surface area contributed by atoms with Gasteiger partial charge in [0.05, 0.1) is 0 Å².